The topological polar surface area (TPSA) is 100 Å². The smallest absolute Gasteiger partial charge is 0.320 e. The lowest BCUT2D eigenvalue weighted by molar-refractivity contribution is -0.00819. The van der Waals surface area contributed by atoms with Crippen molar-refractivity contribution in [2.45, 2.75) is 103 Å². The lowest BCUT2D eigenvalue weighted by atomic mass is 9.89. The molecule has 9 rings (SSSR count). The van der Waals surface area contributed by atoms with Crippen LogP contribution < -0.4 is 15.0 Å². The summed E-state index contributed by atoms with van der Waals surface area (Å²) in [5.41, 5.74) is 1.47. The van der Waals surface area contributed by atoms with E-state index in [4.69, 9.17) is 26.1 Å². The minimum Gasteiger partial charge on any atom is -0.462 e. The monoisotopic (exact) mass is 787 g/mol. The van der Waals surface area contributed by atoms with Crippen LogP contribution in [0.2, 0.25) is 0 Å². The van der Waals surface area contributed by atoms with E-state index in [1.165, 1.54) is 6.92 Å². The van der Waals surface area contributed by atoms with Crippen molar-refractivity contribution in [1.82, 2.24) is 39.9 Å². The molecule has 4 aromatic heterocycles. The first-order valence-corrected chi connectivity index (χ1v) is 20.6. The number of alkyl halides is 4. The first-order valence-electron chi connectivity index (χ1n) is 20.6. The Bertz CT molecular complexity index is 2310. The lowest BCUT2D eigenvalue weighted by Crippen LogP contribution is -2.51. The molecule has 5 aromatic rings. The van der Waals surface area contributed by atoms with Crippen LogP contribution in [0.4, 0.5) is 23.4 Å². The van der Waals surface area contributed by atoms with E-state index in [0.717, 1.165) is 62.4 Å². The molecule has 4 fully saturated rings. The highest BCUT2D eigenvalue weighted by molar-refractivity contribution is 6.16. The second-order valence-electron chi connectivity index (χ2n) is 16.4. The van der Waals surface area contributed by atoms with Crippen molar-refractivity contribution in [1.29, 1.82) is 0 Å². The summed E-state index contributed by atoms with van der Waals surface area (Å²) in [4.78, 5) is 19.1. The van der Waals surface area contributed by atoms with E-state index < -0.39 is 17.3 Å². The minimum atomic E-state index is -3.13. The SMILES string of the molecule is C#CCCC1CCN(C[C@@]2(COc3nc(N4CC5CCC(C4)N5)c4c5ccnc(-c6c(C(F)(F)CC)c(C)cc7[nH]ncc67)c5n(C)c4n3)CC2(F)F)CC1.CC. The highest BCUT2D eigenvalue weighted by Gasteiger charge is 2.72. The number of nitrogens with zero attached hydrogens (tertiary/aromatic N) is 7. The summed E-state index contributed by atoms with van der Waals surface area (Å²) in [7, 11) is 1.83. The molecule has 0 amide bonds. The number of anilines is 1. The molecule has 1 aliphatic carbocycles. The Hall–Kier alpha value is -4.48. The zero-order valence-corrected chi connectivity index (χ0v) is 33.6. The van der Waals surface area contributed by atoms with Crippen LogP contribution in [-0.4, -0.2) is 92.0 Å². The number of aromatic amines is 1. The normalized spacial score (nSPS) is 23.5. The highest BCUT2D eigenvalue weighted by Crippen LogP contribution is 2.61. The van der Waals surface area contributed by atoms with E-state index in [9.17, 15) is 0 Å². The number of benzene rings is 1. The summed E-state index contributed by atoms with van der Waals surface area (Å²) in [6, 6.07) is 4.17. The van der Waals surface area contributed by atoms with E-state index in [1.807, 2.05) is 31.5 Å². The van der Waals surface area contributed by atoms with Gasteiger partial charge in [-0.15, -0.1) is 12.3 Å². The molecule has 2 N–H and O–H groups in total. The first kappa shape index (κ1) is 39.4. The number of fused-ring (bicyclic) bond motifs is 6. The Labute approximate surface area is 331 Å². The maximum Gasteiger partial charge on any atom is 0.320 e. The summed E-state index contributed by atoms with van der Waals surface area (Å²) in [5.74, 6) is -2.11. The summed E-state index contributed by atoms with van der Waals surface area (Å²) in [5, 5.41) is 12.9. The predicted molar refractivity (Wildman–Crippen MR) is 216 cm³/mol. The maximum atomic E-state index is 15.9. The average Bonchev–Trinajstić information content (AvgIpc) is 3.60. The molecule has 0 radical (unpaired) electrons. The number of aromatic nitrogens is 6. The molecule has 10 nitrogen and oxygen atoms in total. The van der Waals surface area contributed by atoms with Gasteiger partial charge in [-0.25, -0.2) is 17.6 Å². The Morgan fingerprint density at radius 2 is 1.79 bits per heavy atom. The van der Waals surface area contributed by atoms with Gasteiger partial charge in [-0.3, -0.25) is 10.1 Å². The first-order chi connectivity index (χ1) is 27.4. The average molecular weight is 788 g/mol. The molecule has 3 saturated heterocycles. The van der Waals surface area contributed by atoms with Crippen LogP contribution in [-0.2, 0) is 13.0 Å². The van der Waals surface area contributed by atoms with Crippen LogP contribution in [0, 0.1) is 30.6 Å². The van der Waals surface area contributed by atoms with Crippen molar-refractivity contribution in [3.8, 4) is 29.6 Å². The third-order valence-electron chi connectivity index (χ3n) is 12.8. The summed E-state index contributed by atoms with van der Waals surface area (Å²) >= 11 is 0. The number of H-pyrrole nitrogens is 1. The Kier molecular flexibility index (Phi) is 10.4. The van der Waals surface area contributed by atoms with E-state index in [-0.39, 0.29) is 49.7 Å². The molecule has 0 spiro atoms. The van der Waals surface area contributed by atoms with Gasteiger partial charge in [0.25, 0.3) is 11.8 Å². The van der Waals surface area contributed by atoms with E-state index in [2.05, 4.69) is 31.2 Å². The van der Waals surface area contributed by atoms with Crippen LogP contribution in [0.5, 0.6) is 6.01 Å². The zero-order chi connectivity index (χ0) is 40.3. The number of piperazine rings is 1. The summed E-state index contributed by atoms with van der Waals surface area (Å²) in [6.45, 7) is 10.1. The number of hydrogen-bond acceptors (Lipinski definition) is 8. The number of pyridine rings is 1. The van der Waals surface area contributed by atoms with Gasteiger partial charge in [0.2, 0.25) is 0 Å². The summed E-state index contributed by atoms with van der Waals surface area (Å²) < 4.78 is 70.6. The van der Waals surface area contributed by atoms with Gasteiger partial charge < -0.3 is 24.4 Å². The van der Waals surface area contributed by atoms with E-state index in [1.54, 1.807) is 25.4 Å². The number of terminal acetylenes is 1. The van der Waals surface area contributed by atoms with Crippen LogP contribution in [0.15, 0.2) is 24.5 Å². The lowest BCUT2D eigenvalue weighted by Gasteiger charge is -2.34. The third-order valence-corrected chi connectivity index (χ3v) is 12.8. The van der Waals surface area contributed by atoms with Crippen molar-refractivity contribution in [3.05, 3.63) is 35.7 Å². The van der Waals surface area contributed by atoms with Crippen molar-refractivity contribution < 1.29 is 22.3 Å². The number of rotatable bonds is 11. The minimum absolute atomic E-state index is 0.0230. The molecule has 1 aromatic carbocycles. The van der Waals surface area contributed by atoms with Crippen LogP contribution in [0.25, 0.3) is 44.1 Å². The molecule has 1 saturated carbocycles. The van der Waals surface area contributed by atoms with Crippen LogP contribution in [0.1, 0.15) is 83.3 Å². The van der Waals surface area contributed by atoms with Crippen molar-refractivity contribution in [3.63, 3.8) is 0 Å². The van der Waals surface area contributed by atoms with Gasteiger partial charge in [0, 0.05) is 86.1 Å². The molecule has 304 valence electrons. The van der Waals surface area contributed by atoms with Crippen LogP contribution >= 0.6 is 0 Å². The largest absolute Gasteiger partial charge is 0.462 e. The quantitative estimate of drug-likeness (QED) is 0.102. The Morgan fingerprint density at radius 1 is 1.07 bits per heavy atom. The van der Waals surface area contributed by atoms with Crippen molar-refractivity contribution in [2.75, 3.05) is 44.2 Å². The van der Waals surface area contributed by atoms with Gasteiger partial charge in [-0.05, 0) is 75.7 Å². The van der Waals surface area contributed by atoms with Gasteiger partial charge in [0.15, 0.2) is 0 Å². The second kappa shape index (κ2) is 15.0. The second-order valence-corrected chi connectivity index (χ2v) is 16.4. The van der Waals surface area contributed by atoms with Gasteiger partial charge in [-0.2, -0.15) is 15.1 Å². The van der Waals surface area contributed by atoms with E-state index >= 15 is 17.6 Å². The fraction of sp³-hybridized carbons (Fsp3) is 0.581. The molecule has 7 heterocycles. The van der Waals surface area contributed by atoms with Gasteiger partial charge >= 0.3 is 6.01 Å². The third kappa shape index (κ3) is 6.88. The Balaban J connectivity index is 0.00000224. The standard InChI is InChI=1S/C41H47F4N9O.C2H6/c1-5-7-8-25-12-15-53(16-13-25)22-39(21-41(39,44)45)23-55-38-49-36-32(37(50-38)54-19-26-9-10-27(20-54)48-26)28-11-14-46-34(35(28)52(36)4)31-29-18-47-51-30(29)17-24(3)33(31)40(42,43)6-2;1-2/h1,11,14,17-18,25-27,48H,6-10,12-13,15-16,19-23H2,2-4H3,(H,47,51);1-2H3/t26?,27?,39-;/m1./s1. The predicted octanol–water partition coefficient (Wildman–Crippen LogP) is 8.37. The molecule has 3 atom stereocenters. The van der Waals surface area contributed by atoms with Gasteiger partial charge in [-0.1, -0.05) is 20.8 Å². The number of halogens is 4. The maximum absolute atomic E-state index is 15.9. The number of nitrogens with one attached hydrogen (secondary N) is 2. The number of piperidine rings is 1. The molecule has 2 unspecified atom stereocenters. The fourth-order valence-corrected chi connectivity index (χ4v) is 9.67. The summed E-state index contributed by atoms with van der Waals surface area (Å²) in [6.07, 6.45) is 13.8. The fourth-order valence-electron chi connectivity index (χ4n) is 9.67. The van der Waals surface area contributed by atoms with Crippen molar-refractivity contribution in [2.24, 2.45) is 18.4 Å². The van der Waals surface area contributed by atoms with Gasteiger partial charge in [0.1, 0.15) is 18.1 Å². The van der Waals surface area contributed by atoms with Crippen molar-refractivity contribution >= 4 is 38.7 Å². The highest BCUT2D eigenvalue weighted by atomic mass is 19.3. The molecular weight excluding hydrogens is 735 g/mol. The molecule has 2 bridgehead atoms. The zero-order valence-electron chi connectivity index (χ0n) is 33.6. The van der Waals surface area contributed by atoms with E-state index in [0.29, 0.717) is 63.7 Å². The molecule has 14 heteroatoms. The van der Waals surface area contributed by atoms with Gasteiger partial charge in [0.05, 0.1) is 33.7 Å². The molecule has 4 aliphatic rings. The number of hydrogen-bond donors (Lipinski definition) is 2. The molecule has 57 heavy (non-hydrogen) atoms. The number of ether oxygens (including phenoxy) is 1. The number of aryl methyl sites for hydroxylation is 2. The Morgan fingerprint density at radius 3 is 2.46 bits per heavy atom. The van der Waals surface area contributed by atoms with Crippen LogP contribution in [0.3, 0.4) is 0 Å². The molecule has 3 aliphatic heterocycles. The molecular formula is C43H53F4N9O. The number of likely N-dealkylation sites (tertiary alicyclic amines) is 1.